The van der Waals surface area contributed by atoms with Crippen LogP contribution in [0.5, 0.6) is 0 Å². The number of piperidine rings is 1. The molecular weight excluding hydrogens is 629 g/mol. The molecule has 2 saturated heterocycles. The van der Waals surface area contributed by atoms with Crippen LogP contribution in [0.1, 0.15) is 43.4 Å². The number of amides is 1. The van der Waals surface area contributed by atoms with Crippen LogP contribution in [-0.2, 0) is 31.1 Å². The largest absolute Gasteiger partial charge is 0.340 e. The third-order valence-electron chi connectivity index (χ3n) is 9.07. The summed E-state index contributed by atoms with van der Waals surface area (Å²) in [6.45, 7) is 7.80. The SMILES string of the molecule is CCN(C(=O)Cc1ccc(S(C)(=O)=O)cc1)C1CCN(CCC(c2ccccc2)N2CCN(S(=O)(=O)c3cccs3)CC2)CC1. The van der Waals surface area contributed by atoms with E-state index in [1.807, 2.05) is 17.9 Å². The van der Waals surface area contributed by atoms with Crippen molar-refractivity contribution in [2.75, 3.05) is 58.6 Å². The minimum Gasteiger partial charge on any atom is -0.340 e. The van der Waals surface area contributed by atoms with E-state index < -0.39 is 19.9 Å². The standard InChI is InChI=1S/C33H44N4O5S3/c1-3-37(32(38)26-27-11-13-30(14-12-27)44(2,39)40)29-15-18-34(19-16-29)20-17-31(28-8-5-4-6-9-28)35-21-23-36(24-22-35)45(41,42)33-10-7-25-43-33/h4-14,25,29,31H,3,15-24,26H2,1-2H3. The van der Waals surface area contributed by atoms with Crippen LogP contribution in [0.15, 0.2) is 81.2 Å². The number of nitrogens with zero attached hydrogens (tertiary/aromatic N) is 4. The molecule has 0 saturated carbocycles. The van der Waals surface area contributed by atoms with Crippen molar-refractivity contribution in [2.24, 2.45) is 0 Å². The Hall–Kier alpha value is -2.61. The first-order chi connectivity index (χ1) is 21.6. The fourth-order valence-electron chi connectivity index (χ4n) is 6.56. The van der Waals surface area contributed by atoms with Crippen LogP contribution in [0, 0.1) is 0 Å². The van der Waals surface area contributed by atoms with Gasteiger partial charge in [0.25, 0.3) is 10.0 Å². The summed E-state index contributed by atoms with van der Waals surface area (Å²) in [5, 5.41) is 1.80. The highest BCUT2D eigenvalue weighted by molar-refractivity contribution is 7.91. The number of carbonyl (C=O) groups is 1. The van der Waals surface area contributed by atoms with Crippen LogP contribution in [0.3, 0.4) is 0 Å². The van der Waals surface area contributed by atoms with Gasteiger partial charge >= 0.3 is 0 Å². The molecule has 0 N–H and O–H groups in total. The molecule has 2 aliphatic rings. The van der Waals surface area contributed by atoms with Crippen LogP contribution >= 0.6 is 11.3 Å². The van der Waals surface area contributed by atoms with E-state index in [9.17, 15) is 21.6 Å². The molecule has 3 heterocycles. The average Bonchev–Trinajstić information content (AvgIpc) is 3.59. The Morgan fingerprint density at radius 1 is 0.889 bits per heavy atom. The van der Waals surface area contributed by atoms with E-state index in [1.165, 1.54) is 23.2 Å². The van der Waals surface area contributed by atoms with E-state index in [2.05, 4.69) is 34.1 Å². The number of piperazine rings is 1. The summed E-state index contributed by atoms with van der Waals surface area (Å²) in [4.78, 5) is 20.4. The Labute approximate surface area is 272 Å². The summed E-state index contributed by atoms with van der Waals surface area (Å²) < 4.78 is 51.7. The van der Waals surface area contributed by atoms with Gasteiger partial charge in [0.05, 0.1) is 11.3 Å². The van der Waals surface area contributed by atoms with Crippen LogP contribution in [0.25, 0.3) is 0 Å². The third kappa shape index (κ3) is 8.41. The highest BCUT2D eigenvalue weighted by Crippen LogP contribution is 2.29. The lowest BCUT2D eigenvalue weighted by Gasteiger charge is -2.41. The molecule has 2 aliphatic heterocycles. The fraction of sp³-hybridized carbons (Fsp3) is 0.485. The molecule has 1 unspecified atom stereocenters. The van der Waals surface area contributed by atoms with E-state index in [0.717, 1.165) is 44.5 Å². The predicted molar refractivity (Wildman–Crippen MR) is 179 cm³/mol. The van der Waals surface area contributed by atoms with Gasteiger partial charge in [-0.1, -0.05) is 48.5 Å². The lowest BCUT2D eigenvalue weighted by Crippen LogP contribution is -2.50. The second-order valence-electron chi connectivity index (χ2n) is 11.9. The summed E-state index contributed by atoms with van der Waals surface area (Å²) in [7, 11) is -6.71. The van der Waals surface area contributed by atoms with E-state index in [-0.39, 0.29) is 29.3 Å². The number of carbonyl (C=O) groups excluding carboxylic acids is 1. The Bertz CT molecular complexity index is 1600. The van der Waals surface area contributed by atoms with Gasteiger partial charge in [-0.2, -0.15) is 4.31 Å². The number of likely N-dealkylation sites (tertiary alicyclic amines) is 1. The first-order valence-electron chi connectivity index (χ1n) is 15.7. The zero-order valence-corrected chi connectivity index (χ0v) is 28.6. The second-order valence-corrected chi connectivity index (χ2v) is 17.1. The Morgan fingerprint density at radius 2 is 1.56 bits per heavy atom. The molecule has 9 nitrogen and oxygen atoms in total. The number of thiophene rings is 1. The molecule has 2 aromatic carbocycles. The Kier molecular flexibility index (Phi) is 11.1. The zero-order chi connectivity index (χ0) is 32.0. The van der Waals surface area contributed by atoms with Gasteiger partial charge in [0.15, 0.2) is 9.84 Å². The second kappa shape index (κ2) is 14.9. The van der Waals surface area contributed by atoms with Crippen LogP contribution in [-0.4, -0.2) is 106 Å². The molecule has 3 aromatic rings. The first kappa shape index (κ1) is 33.7. The molecule has 0 aliphatic carbocycles. The van der Waals surface area contributed by atoms with Gasteiger partial charge in [-0.3, -0.25) is 9.69 Å². The molecule has 45 heavy (non-hydrogen) atoms. The summed E-state index contributed by atoms with van der Waals surface area (Å²) >= 11 is 1.27. The van der Waals surface area contributed by atoms with Gasteiger partial charge in [-0.25, -0.2) is 16.8 Å². The number of hydrogen-bond donors (Lipinski definition) is 0. The maximum Gasteiger partial charge on any atom is 0.252 e. The lowest BCUT2D eigenvalue weighted by atomic mass is 9.98. The van der Waals surface area contributed by atoms with E-state index in [1.54, 1.807) is 46.1 Å². The van der Waals surface area contributed by atoms with Gasteiger partial charge in [-0.05, 0) is 67.4 Å². The van der Waals surface area contributed by atoms with Crippen molar-refractivity contribution in [2.45, 2.75) is 53.8 Å². The van der Waals surface area contributed by atoms with Crippen LogP contribution in [0.4, 0.5) is 0 Å². The molecule has 1 aromatic heterocycles. The van der Waals surface area contributed by atoms with Gasteiger partial charge in [0.1, 0.15) is 4.21 Å². The number of rotatable bonds is 12. The highest BCUT2D eigenvalue weighted by Gasteiger charge is 2.33. The van der Waals surface area contributed by atoms with Gasteiger partial charge in [0, 0.05) is 64.2 Å². The average molecular weight is 673 g/mol. The maximum absolute atomic E-state index is 13.3. The molecule has 0 radical (unpaired) electrons. The minimum absolute atomic E-state index is 0.0763. The first-order valence-corrected chi connectivity index (χ1v) is 19.9. The van der Waals surface area contributed by atoms with Gasteiger partial charge in [0.2, 0.25) is 5.91 Å². The van der Waals surface area contributed by atoms with Gasteiger partial charge in [-0.15, -0.1) is 11.3 Å². The Morgan fingerprint density at radius 3 is 2.13 bits per heavy atom. The zero-order valence-electron chi connectivity index (χ0n) is 26.1. The topological polar surface area (TPSA) is 98.3 Å². The van der Waals surface area contributed by atoms with E-state index in [4.69, 9.17) is 0 Å². The minimum atomic E-state index is -3.44. The van der Waals surface area contributed by atoms with E-state index in [0.29, 0.717) is 36.9 Å². The van der Waals surface area contributed by atoms with Crippen LogP contribution in [0.2, 0.25) is 0 Å². The predicted octanol–water partition coefficient (Wildman–Crippen LogP) is 4.14. The molecule has 1 atom stereocenters. The highest BCUT2D eigenvalue weighted by atomic mass is 32.2. The molecule has 1 amide bonds. The van der Waals surface area contributed by atoms with Crippen molar-refractivity contribution in [3.8, 4) is 0 Å². The molecule has 5 rings (SSSR count). The van der Waals surface area contributed by atoms with Crippen molar-refractivity contribution in [3.63, 3.8) is 0 Å². The molecular formula is C33H44N4O5S3. The monoisotopic (exact) mass is 672 g/mol. The number of sulfone groups is 1. The quantitative estimate of drug-likeness (QED) is 0.285. The van der Waals surface area contributed by atoms with Crippen molar-refractivity contribution in [1.29, 1.82) is 0 Å². The number of hydrogen-bond acceptors (Lipinski definition) is 8. The van der Waals surface area contributed by atoms with Crippen LogP contribution < -0.4 is 0 Å². The maximum atomic E-state index is 13.3. The van der Waals surface area contributed by atoms with Crippen molar-refractivity contribution < 1.29 is 21.6 Å². The summed E-state index contributed by atoms with van der Waals surface area (Å²) in [5.74, 6) is 0.0763. The fourth-order valence-corrected chi connectivity index (χ4v) is 9.75. The lowest BCUT2D eigenvalue weighted by molar-refractivity contribution is -0.133. The third-order valence-corrected chi connectivity index (χ3v) is 13.5. The number of benzene rings is 2. The molecule has 0 spiro atoms. The summed E-state index contributed by atoms with van der Waals surface area (Å²) in [6.07, 6.45) is 4.23. The van der Waals surface area contributed by atoms with E-state index >= 15 is 0 Å². The van der Waals surface area contributed by atoms with Crippen molar-refractivity contribution in [1.82, 2.24) is 19.0 Å². The van der Waals surface area contributed by atoms with Gasteiger partial charge < -0.3 is 9.80 Å². The number of likely N-dealkylation sites (N-methyl/N-ethyl adjacent to an activating group) is 1. The molecule has 12 heteroatoms. The van der Waals surface area contributed by atoms with Crippen molar-refractivity contribution in [3.05, 3.63) is 83.2 Å². The molecule has 244 valence electrons. The Balaban J connectivity index is 1.14. The molecule has 2 fully saturated rings. The smallest absolute Gasteiger partial charge is 0.252 e. The van der Waals surface area contributed by atoms with Crippen molar-refractivity contribution >= 4 is 37.1 Å². The summed E-state index contributed by atoms with van der Waals surface area (Å²) in [5.41, 5.74) is 2.08. The number of sulfonamides is 1. The molecule has 0 bridgehead atoms. The summed E-state index contributed by atoms with van der Waals surface area (Å²) in [6, 6.07) is 21.0. The normalized spacial score (nSPS) is 18.5.